The third kappa shape index (κ3) is 4.31. The van der Waals surface area contributed by atoms with Gasteiger partial charge in [-0.05, 0) is 42.7 Å². The van der Waals surface area contributed by atoms with Crippen LogP contribution in [0.5, 0.6) is 17.2 Å². The molecule has 1 N–H and O–H groups in total. The van der Waals surface area contributed by atoms with Crippen LogP contribution in [0.1, 0.15) is 48.0 Å². The molecule has 156 valence electrons. The van der Waals surface area contributed by atoms with E-state index in [0.29, 0.717) is 29.4 Å². The van der Waals surface area contributed by atoms with Crippen LogP contribution in [0.3, 0.4) is 0 Å². The van der Waals surface area contributed by atoms with Crippen LogP contribution in [0.4, 0.5) is 4.39 Å². The van der Waals surface area contributed by atoms with Crippen molar-refractivity contribution in [1.29, 1.82) is 0 Å². The highest BCUT2D eigenvalue weighted by Crippen LogP contribution is 2.41. The predicted octanol–water partition coefficient (Wildman–Crippen LogP) is 4.48. The van der Waals surface area contributed by atoms with Gasteiger partial charge in [-0.2, -0.15) is 0 Å². The van der Waals surface area contributed by atoms with Crippen LogP contribution in [0.25, 0.3) is 0 Å². The number of amides is 1. The quantitative estimate of drug-likeness (QED) is 0.743. The first-order valence-electron chi connectivity index (χ1n) is 9.88. The van der Waals surface area contributed by atoms with Crippen molar-refractivity contribution in [2.24, 2.45) is 0 Å². The standard InChI is InChI=1S/C23H28FNO4/c1-27-19-12-11-18(20(28-2)21(19)29-3)22(26)25-15-23(13-5-4-6-14-23)16-7-9-17(24)10-8-16/h7-12H,4-6,13-15H2,1-3H3,(H,25,26). The van der Waals surface area contributed by atoms with Crippen molar-refractivity contribution in [3.05, 3.63) is 53.3 Å². The summed E-state index contributed by atoms with van der Waals surface area (Å²) in [6, 6.07) is 10.0. The number of hydrogen-bond donors (Lipinski definition) is 1. The predicted molar refractivity (Wildman–Crippen MR) is 110 cm³/mol. The fraction of sp³-hybridized carbons (Fsp3) is 0.435. The summed E-state index contributed by atoms with van der Waals surface area (Å²) in [6.45, 7) is 0.481. The van der Waals surface area contributed by atoms with Crippen molar-refractivity contribution in [2.45, 2.75) is 37.5 Å². The molecule has 0 spiro atoms. The molecule has 1 aliphatic rings. The van der Waals surface area contributed by atoms with Gasteiger partial charge in [0.2, 0.25) is 5.75 Å². The Morgan fingerprint density at radius 3 is 2.17 bits per heavy atom. The fourth-order valence-corrected chi connectivity index (χ4v) is 4.22. The Balaban J connectivity index is 1.85. The molecule has 0 atom stereocenters. The van der Waals surface area contributed by atoms with E-state index < -0.39 is 0 Å². The smallest absolute Gasteiger partial charge is 0.255 e. The molecule has 2 aromatic carbocycles. The van der Waals surface area contributed by atoms with E-state index in [-0.39, 0.29) is 17.1 Å². The average Bonchev–Trinajstić information content (AvgIpc) is 2.77. The average molecular weight is 401 g/mol. The number of ether oxygens (including phenoxy) is 3. The second-order valence-electron chi connectivity index (χ2n) is 7.41. The molecular formula is C23H28FNO4. The number of carbonyl (C=O) groups is 1. The van der Waals surface area contributed by atoms with E-state index in [2.05, 4.69) is 5.32 Å². The van der Waals surface area contributed by atoms with Gasteiger partial charge in [0, 0.05) is 12.0 Å². The first-order valence-corrected chi connectivity index (χ1v) is 9.88. The highest BCUT2D eigenvalue weighted by molar-refractivity contribution is 5.98. The van der Waals surface area contributed by atoms with Gasteiger partial charge in [-0.3, -0.25) is 4.79 Å². The van der Waals surface area contributed by atoms with Crippen LogP contribution in [0, 0.1) is 5.82 Å². The second kappa shape index (κ2) is 9.16. The summed E-state index contributed by atoms with van der Waals surface area (Å²) in [6.07, 6.45) is 5.28. The van der Waals surface area contributed by atoms with Gasteiger partial charge in [0.25, 0.3) is 5.91 Å². The number of benzene rings is 2. The van der Waals surface area contributed by atoms with Crippen LogP contribution in [-0.2, 0) is 5.41 Å². The number of halogens is 1. The third-order valence-corrected chi connectivity index (χ3v) is 5.80. The van der Waals surface area contributed by atoms with Gasteiger partial charge in [-0.25, -0.2) is 4.39 Å². The Bertz CT molecular complexity index is 845. The first-order chi connectivity index (χ1) is 14.0. The van der Waals surface area contributed by atoms with Gasteiger partial charge in [0.1, 0.15) is 5.82 Å². The maximum absolute atomic E-state index is 13.4. The molecule has 6 heteroatoms. The van der Waals surface area contributed by atoms with Crippen LogP contribution in [0.2, 0.25) is 0 Å². The number of nitrogens with one attached hydrogen (secondary N) is 1. The topological polar surface area (TPSA) is 56.8 Å². The molecular weight excluding hydrogens is 373 g/mol. The van der Waals surface area contributed by atoms with Crippen LogP contribution in [0.15, 0.2) is 36.4 Å². The van der Waals surface area contributed by atoms with Crippen LogP contribution >= 0.6 is 0 Å². The molecule has 1 amide bonds. The molecule has 5 nitrogen and oxygen atoms in total. The monoisotopic (exact) mass is 401 g/mol. The maximum atomic E-state index is 13.4. The van der Waals surface area contributed by atoms with Gasteiger partial charge >= 0.3 is 0 Å². The van der Waals surface area contributed by atoms with Crippen molar-refractivity contribution >= 4 is 5.91 Å². The van der Waals surface area contributed by atoms with Crippen molar-refractivity contribution in [3.8, 4) is 17.2 Å². The molecule has 2 aromatic rings. The van der Waals surface area contributed by atoms with E-state index >= 15 is 0 Å². The minimum absolute atomic E-state index is 0.189. The zero-order chi connectivity index (χ0) is 20.9. The molecule has 0 aliphatic heterocycles. The zero-order valence-corrected chi connectivity index (χ0v) is 17.2. The summed E-state index contributed by atoms with van der Waals surface area (Å²) < 4.78 is 29.5. The van der Waals surface area contributed by atoms with Crippen molar-refractivity contribution < 1.29 is 23.4 Å². The molecule has 0 heterocycles. The summed E-state index contributed by atoms with van der Waals surface area (Å²) in [4.78, 5) is 13.0. The Morgan fingerprint density at radius 1 is 0.931 bits per heavy atom. The third-order valence-electron chi connectivity index (χ3n) is 5.80. The Kier molecular flexibility index (Phi) is 6.62. The van der Waals surface area contributed by atoms with Gasteiger partial charge in [-0.1, -0.05) is 31.4 Å². The van der Waals surface area contributed by atoms with Crippen LogP contribution < -0.4 is 19.5 Å². The minimum atomic E-state index is -0.251. The Labute approximate surface area is 171 Å². The molecule has 0 bridgehead atoms. The van der Waals surface area contributed by atoms with Crippen molar-refractivity contribution in [1.82, 2.24) is 5.32 Å². The summed E-state index contributed by atoms with van der Waals surface area (Å²) in [5.74, 6) is 0.724. The van der Waals surface area contributed by atoms with E-state index in [9.17, 15) is 9.18 Å². The molecule has 1 fully saturated rings. The van der Waals surface area contributed by atoms with Gasteiger partial charge in [0.15, 0.2) is 11.5 Å². The van der Waals surface area contributed by atoms with E-state index in [1.165, 1.54) is 39.9 Å². The van der Waals surface area contributed by atoms with E-state index in [0.717, 1.165) is 31.2 Å². The Hall–Kier alpha value is -2.76. The first kappa shape index (κ1) is 21.0. The number of hydrogen-bond acceptors (Lipinski definition) is 4. The lowest BCUT2D eigenvalue weighted by atomic mass is 9.69. The molecule has 0 aromatic heterocycles. The fourth-order valence-electron chi connectivity index (χ4n) is 4.22. The van der Waals surface area contributed by atoms with Gasteiger partial charge in [0.05, 0.1) is 26.9 Å². The van der Waals surface area contributed by atoms with Crippen molar-refractivity contribution in [2.75, 3.05) is 27.9 Å². The van der Waals surface area contributed by atoms with Crippen LogP contribution in [-0.4, -0.2) is 33.8 Å². The molecule has 3 rings (SSSR count). The van der Waals surface area contributed by atoms with Gasteiger partial charge < -0.3 is 19.5 Å². The van der Waals surface area contributed by atoms with E-state index in [4.69, 9.17) is 14.2 Å². The normalized spacial score (nSPS) is 15.4. The summed E-state index contributed by atoms with van der Waals surface area (Å²) in [7, 11) is 4.54. The molecule has 29 heavy (non-hydrogen) atoms. The van der Waals surface area contributed by atoms with E-state index in [1.54, 1.807) is 12.1 Å². The SMILES string of the molecule is COc1ccc(C(=O)NCC2(c3ccc(F)cc3)CCCCC2)c(OC)c1OC. The molecule has 0 saturated heterocycles. The highest BCUT2D eigenvalue weighted by Gasteiger charge is 2.34. The lowest BCUT2D eigenvalue weighted by Crippen LogP contribution is -2.42. The largest absolute Gasteiger partial charge is 0.493 e. The molecule has 0 radical (unpaired) electrons. The number of carbonyl (C=O) groups excluding carboxylic acids is 1. The lowest BCUT2D eigenvalue weighted by Gasteiger charge is -2.38. The molecule has 0 unspecified atom stereocenters. The summed E-state index contributed by atoms with van der Waals surface area (Å²) in [5.41, 5.74) is 1.26. The maximum Gasteiger partial charge on any atom is 0.255 e. The Morgan fingerprint density at radius 2 is 1.59 bits per heavy atom. The summed E-state index contributed by atoms with van der Waals surface area (Å²) in [5, 5.41) is 3.08. The number of rotatable bonds is 7. The summed E-state index contributed by atoms with van der Waals surface area (Å²) >= 11 is 0. The molecule has 1 saturated carbocycles. The number of methoxy groups -OCH3 is 3. The van der Waals surface area contributed by atoms with Gasteiger partial charge in [-0.15, -0.1) is 0 Å². The minimum Gasteiger partial charge on any atom is -0.493 e. The zero-order valence-electron chi connectivity index (χ0n) is 17.2. The van der Waals surface area contributed by atoms with E-state index in [1.807, 2.05) is 12.1 Å². The second-order valence-corrected chi connectivity index (χ2v) is 7.41. The molecule has 1 aliphatic carbocycles. The highest BCUT2D eigenvalue weighted by atomic mass is 19.1. The lowest BCUT2D eigenvalue weighted by molar-refractivity contribution is 0.0932. The van der Waals surface area contributed by atoms with Crippen molar-refractivity contribution in [3.63, 3.8) is 0 Å².